The van der Waals surface area contributed by atoms with Crippen LogP contribution in [0.2, 0.25) is 0 Å². The number of nitrogens with zero attached hydrogens (tertiary/aromatic N) is 2. The van der Waals surface area contributed by atoms with Gasteiger partial charge < -0.3 is 4.74 Å². The van der Waals surface area contributed by atoms with Crippen LogP contribution in [0.5, 0.6) is 5.75 Å². The molecule has 0 saturated carbocycles. The van der Waals surface area contributed by atoms with Crippen molar-refractivity contribution in [3.05, 3.63) is 23.5 Å². The van der Waals surface area contributed by atoms with Crippen molar-refractivity contribution in [3.8, 4) is 5.75 Å². The fourth-order valence-corrected chi connectivity index (χ4v) is 1.65. The zero-order valence-corrected chi connectivity index (χ0v) is 13.5. The summed E-state index contributed by atoms with van der Waals surface area (Å²) in [7, 11) is -1.36. The van der Waals surface area contributed by atoms with E-state index in [-0.39, 0.29) is 5.75 Å². The first kappa shape index (κ1) is 18.4. The van der Waals surface area contributed by atoms with Crippen LogP contribution in [0.15, 0.2) is 17.2 Å². The molecule has 5 nitrogen and oxygen atoms in total. The molecule has 22 heavy (non-hydrogen) atoms. The van der Waals surface area contributed by atoms with Crippen LogP contribution in [0.3, 0.4) is 0 Å². The van der Waals surface area contributed by atoms with Crippen LogP contribution in [0, 0.1) is 6.92 Å². The van der Waals surface area contributed by atoms with Crippen LogP contribution < -0.4 is 9.57 Å². The number of aromatic nitrogens is 1. The number of ether oxygens (including phenoxy) is 1. The SMILES string of the molecule is Cc1nc(/C=N\N[S@](=O)C(C)(C)C)ccc1OCC(F)(F)F. The Labute approximate surface area is 129 Å². The number of hydrogen-bond acceptors (Lipinski definition) is 4. The molecule has 0 aliphatic carbocycles. The summed E-state index contributed by atoms with van der Waals surface area (Å²) in [5.41, 5.74) is 0.723. The highest BCUT2D eigenvalue weighted by Gasteiger charge is 2.28. The van der Waals surface area contributed by atoms with Crippen LogP contribution in [-0.4, -0.2) is 32.9 Å². The number of pyridine rings is 1. The number of nitrogens with one attached hydrogen (secondary N) is 1. The molecule has 0 amide bonds. The molecule has 1 heterocycles. The van der Waals surface area contributed by atoms with Crippen molar-refractivity contribution in [2.24, 2.45) is 5.10 Å². The van der Waals surface area contributed by atoms with Crippen molar-refractivity contribution in [2.75, 3.05) is 6.61 Å². The zero-order chi connectivity index (χ0) is 17.0. The largest absolute Gasteiger partial charge is 0.482 e. The lowest BCUT2D eigenvalue weighted by molar-refractivity contribution is -0.153. The Hall–Kier alpha value is -1.64. The van der Waals surface area contributed by atoms with E-state index < -0.39 is 28.5 Å². The van der Waals surface area contributed by atoms with E-state index in [1.165, 1.54) is 25.3 Å². The molecule has 0 radical (unpaired) electrons. The van der Waals surface area contributed by atoms with Crippen LogP contribution in [0.1, 0.15) is 32.2 Å². The lowest BCUT2D eigenvalue weighted by atomic mass is 10.3. The number of aryl methyl sites for hydroxylation is 1. The Bertz CT molecular complexity index is 569. The molecule has 0 spiro atoms. The van der Waals surface area contributed by atoms with Crippen molar-refractivity contribution in [1.82, 2.24) is 9.82 Å². The van der Waals surface area contributed by atoms with Gasteiger partial charge >= 0.3 is 6.18 Å². The molecule has 0 aromatic carbocycles. The van der Waals surface area contributed by atoms with E-state index in [4.69, 9.17) is 0 Å². The Morgan fingerprint density at radius 1 is 1.36 bits per heavy atom. The molecule has 0 fully saturated rings. The van der Waals surface area contributed by atoms with Crippen molar-refractivity contribution >= 4 is 17.2 Å². The minimum atomic E-state index is -4.40. The number of rotatable bonds is 5. The third kappa shape index (κ3) is 6.42. The molecule has 0 bridgehead atoms. The van der Waals surface area contributed by atoms with Gasteiger partial charge in [0, 0.05) is 0 Å². The maximum absolute atomic E-state index is 12.1. The lowest BCUT2D eigenvalue weighted by Crippen LogP contribution is -2.30. The fraction of sp³-hybridized carbons (Fsp3) is 0.538. The predicted molar refractivity (Wildman–Crippen MR) is 79.1 cm³/mol. The van der Waals surface area contributed by atoms with Crippen LogP contribution in [-0.2, 0) is 11.0 Å². The Balaban J connectivity index is 2.68. The van der Waals surface area contributed by atoms with Gasteiger partial charge in [-0.05, 0) is 39.8 Å². The molecule has 1 aromatic rings. The highest BCUT2D eigenvalue weighted by molar-refractivity contribution is 7.84. The molecule has 0 saturated heterocycles. The molecule has 124 valence electrons. The summed E-state index contributed by atoms with van der Waals surface area (Å²) in [6.45, 7) is 5.54. The molecule has 0 unspecified atom stereocenters. The van der Waals surface area contributed by atoms with Crippen molar-refractivity contribution in [3.63, 3.8) is 0 Å². The van der Waals surface area contributed by atoms with E-state index in [1.807, 2.05) is 0 Å². The second kappa shape index (κ2) is 7.08. The molecular formula is C13H18F3N3O2S. The highest BCUT2D eigenvalue weighted by atomic mass is 32.2. The summed E-state index contributed by atoms with van der Waals surface area (Å²) >= 11 is 0. The highest BCUT2D eigenvalue weighted by Crippen LogP contribution is 2.20. The van der Waals surface area contributed by atoms with Gasteiger partial charge in [-0.2, -0.15) is 18.3 Å². The molecule has 1 atom stereocenters. The molecular weight excluding hydrogens is 319 g/mol. The van der Waals surface area contributed by atoms with Crippen LogP contribution in [0.4, 0.5) is 13.2 Å². The quantitative estimate of drug-likeness (QED) is 0.664. The van der Waals surface area contributed by atoms with Crippen molar-refractivity contribution < 1.29 is 22.1 Å². The Morgan fingerprint density at radius 2 is 2.00 bits per heavy atom. The summed E-state index contributed by atoms with van der Waals surface area (Å²) in [5, 5.41) is 3.81. The summed E-state index contributed by atoms with van der Waals surface area (Å²) in [5.74, 6) is 0.0562. The molecule has 9 heteroatoms. The molecule has 0 aliphatic rings. The fourth-order valence-electron chi connectivity index (χ4n) is 1.23. The molecule has 1 aromatic heterocycles. The van der Waals surface area contributed by atoms with Gasteiger partial charge in [0.25, 0.3) is 0 Å². The van der Waals surface area contributed by atoms with E-state index in [2.05, 4.69) is 19.7 Å². The number of alkyl halides is 3. The normalized spacial score (nSPS) is 14.1. The topological polar surface area (TPSA) is 63.6 Å². The first-order valence-electron chi connectivity index (χ1n) is 6.37. The summed E-state index contributed by atoms with van der Waals surface area (Å²) < 4.78 is 52.1. The van der Waals surface area contributed by atoms with E-state index in [9.17, 15) is 17.4 Å². The van der Waals surface area contributed by atoms with Gasteiger partial charge in [-0.15, -0.1) is 0 Å². The van der Waals surface area contributed by atoms with Gasteiger partial charge in [-0.3, -0.25) is 0 Å². The standard InChI is InChI=1S/C13H18F3N3O2S/c1-9-11(21-8-13(14,15)16)6-5-10(18-9)7-17-19-22(20)12(2,3)4/h5-7,19H,8H2,1-4H3/b17-7-/t22-/m1/s1. The van der Waals surface area contributed by atoms with Crippen LogP contribution in [0.25, 0.3) is 0 Å². The molecule has 0 aliphatic heterocycles. The van der Waals surface area contributed by atoms with Gasteiger partial charge in [0.05, 0.1) is 22.3 Å². The van der Waals surface area contributed by atoms with E-state index in [1.54, 1.807) is 20.8 Å². The smallest absolute Gasteiger partial charge is 0.422 e. The van der Waals surface area contributed by atoms with Gasteiger partial charge in [-0.25, -0.2) is 14.0 Å². The Morgan fingerprint density at radius 3 is 2.50 bits per heavy atom. The summed E-state index contributed by atoms with van der Waals surface area (Å²) in [6.07, 6.45) is -3.06. The van der Waals surface area contributed by atoms with E-state index in [0.717, 1.165) is 0 Å². The second-order valence-electron chi connectivity index (χ2n) is 5.45. The Kier molecular flexibility index (Phi) is 5.92. The first-order chi connectivity index (χ1) is 9.99. The van der Waals surface area contributed by atoms with Gasteiger partial charge in [-0.1, -0.05) is 0 Å². The van der Waals surface area contributed by atoms with E-state index in [0.29, 0.717) is 11.4 Å². The van der Waals surface area contributed by atoms with Crippen molar-refractivity contribution in [1.29, 1.82) is 0 Å². The third-order valence-electron chi connectivity index (χ3n) is 2.34. The summed E-state index contributed by atoms with van der Waals surface area (Å²) in [4.78, 5) is 6.52. The lowest BCUT2D eigenvalue weighted by Gasteiger charge is -2.15. The third-order valence-corrected chi connectivity index (χ3v) is 3.72. The predicted octanol–water partition coefficient (Wildman–Crippen LogP) is 2.72. The van der Waals surface area contributed by atoms with Gasteiger partial charge in [0.1, 0.15) is 16.7 Å². The average molecular weight is 337 g/mol. The monoisotopic (exact) mass is 337 g/mol. The average Bonchev–Trinajstić information content (AvgIpc) is 2.35. The zero-order valence-electron chi connectivity index (χ0n) is 12.7. The maximum Gasteiger partial charge on any atom is 0.422 e. The van der Waals surface area contributed by atoms with Crippen molar-refractivity contribution in [2.45, 2.75) is 38.6 Å². The maximum atomic E-state index is 12.1. The minimum Gasteiger partial charge on any atom is -0.482 e. The summed E-state index contributed by atoms with van der Waals surface area (Å²) in [6, 6.07) is 2.85. The number of hydrogen-bond donors (Lipinski definition) is 1. The minimum absolute atomic E-state index is 0.0562. The van der Waals surface area contributed by atoms with Gasteiger partial charge in [0.2, 0.25) is 0 Å². The number of hydrazone groups is 1. The van der Waals surface area contributed by atoms with Crippen LogP contribution >= 0.6 is 0 Å². The number of halogens is 3. The molecule has 1 N–H and O–H groups in total. The van der Waals surface area contributed by atoms with Gasteiger partial charge in [0.15, 0.2) is 6.61 Å². The second-order valence-corrected chi connectivity index (χ2v) is 7.40. The first-order valence-corrected chi connectivity index (χ1v) is 7.52. The van der Waals surface area contributed by atoms with E-state index >= 15 is 0 Å². The molecule has 1 rings (SSSR count).